The zero-order valence-electron chi connectivity index (χ0n) is 18.6. The molecule has 1 aliphatic carbocycles. The van der Waals surface area contributed by atoms with Gasteiger partial charge in [-0.2, -0.15) is 0 Å². The molecular formula is C22H36N6O2. The van der Waals surface area contributed by atoms with Gasteiger partial charge in [0.25, 0.3) is 0 Å². The van der Waals surface area contributed by atoms with Crippen LogP contribution in [-0.4, -0.2) is 75.2 Å². The van der Waals surface area contributed by atoms with Crippen LogP contribution in [0.3, 0.4) is 0 Å². The number of pyridine rings is 1. The van der Waals surface area contributed by atoms with Gasteiger partial charge in [0.2, 0.25) is 5.91 Å². The van der Waals surface area contributed by atoms with E-state index in [-0.39, 0.29) is 11.3 Å². The number of carbonyl (C=O) groups is 1. The highest BCUT2D eigenvalue weighted by Gasteiger charge is 2.42. The summed E-state index contributed by atoms with van der Waals surface area (Å²) in [6.45, 7) is 7.11. The van der Waals surface area contributed by atoms with Crippen molar-refractivity contribution < 1.29 is 9.53 Å². The van der Waals surface area contributed by atoms with Gasteiger partial charge in [0.1, 0.15) is 5.82 Å². The lowest BCUT2D eigenvalue weighted by Gasteiger charge is -2.31. The van der Waals surface area contributed by atoms with Gasteiger partial charge in [0.05, 0.1) is 25.2 Å². The molecule has 1 saturated heterocycles. The number of hydrogen-bond donors (Lipinski definition) is 2. The third-order valence-electron chi connectivity index (χ3n) is 5.94. The van der Waals surface area contributed by atoms with Crippen LogP contribution in [0.4, 0.5) is 5.82 Å². The number of aromatic nitrogens is 1. The van der Waals surface area contributed by atoms with E-state index in [4.69, 9.17) is 9.73 Å². The Morgan fingerprint density at radius 1 is 1.27 bits per heavy atom. The molecule has 8 heteroatoms. The molecule has 1 aromatic heterocycles. The van der Waals surface area contributed by atoms with E-state index in [9.17, 15) is 4.79 Å². The summed E-state index contributed by atoms with van der Waals surface area (Å²) in [5, 5.41) is 6.77. The molecule has 8 nitrogen and oxygen atoms in total. The SMILES string of the molecule is CCNC(=NCc1cccnc1N1CCOCC1)NCC1(C(=O)N(C)C)CCCC1. The standard InChI is InChI=1S/C22H36N6O2/c1-4-23-21(26-17-22(9-5-6-10-22)20(29)27(2)3)25-16-18-8-7-11-24-19(18)28-12-14-30-15-13-28/h7-8,11H,4-6,9-10,12-17H2,1-3H3,(H2,23,25,26). The van der Waals surface area contributed by atoms with Gasteiger partial charge in [-0.05, 0) is 25.8 Å². The number of nitrogens with one attached hydrogen (secondary N) is 2. The largest absolute Gasteiger partial charge is 0.378 e. The molecule has 0 aromatic carbocycles. The van der Waals surface area contributed by atoms with E-state index in [1.54, 1.807) is 4.90 Å². The van der Waals surface area contributed by atoms with Gasteiger partial charge in [0.15, 0.2) is 5.96 Å². The molecule has 0 bridgehead atoms. The predicted molar refractivity (Wildman–Crippen MR) is 120 cm³/mol. The van der Waals surface area contributed by atoms with Crippen LogP contribution in [0.5, 0.6) is 0 Å². The molecule has 0 unspecified atom stereocenters. The number of amides is 1. The molecule has 1 amide bonds. The number of anilines is 1. The lowest BCUT2D eigenvalue weighted by molar-refractivity contribution is -0.138. The second kappa shape index (κ2) is 10.6. The summed E-state index contributed by atoms with van der Waals surface area (Å²) >= 11 is 0. The van der Waals surface area contributed by atoms with Crippen molar-refractivity contribution in [3.05, 3.63) is 23.9 Å². The van der Waals surface area contributed by atoms with Crippen LogP contribution in [-0.2, 0) is 16.1 Å². The number of aliphatic imine (C=N–C) groups is 1. The van der Waals surface area contributed by atoms with Crippen LogP contribution in [0.15, 0.2) is 23.3 Å². The Morgan fingerprint density at radius 2 is 2.00 bits per heavy atom. The molecule has 2 heterocycles. The molecule has 0 spiro atoms. The summed E-state index contributed by atoms with van der Waals surface area (Å²) in [6, 6.07) is 4.04. The highest BCUT2D eigenvalue weighted by molar-refractivity contribution is 5.85. The monoisotopic (exact) mass is 416 g/mol. The van der Waals surface area contributed by atoms with Gasteiger partial charge >= 0.3 is 0 Å². The minimum Gasteiger partial charge on any atom is -0.378 e. The average molecular weight is 417 g/mol. The fraction of sp³-hybridized carbons (Fsp3) is 0.682. The Bertz CT molecular complexity index is 724. The average Bonchev–Trinajstić information content (AvgIpc) is 3.26. The zero-order chi connectivity index (χ0) is 21.4. The van der Waals surface area contributed by atoms with Crippen LogP contribution in [0.2, 0.25) is 0 Å². The van der Waals surface area contributed by atoms with Gasteiger partial charge in [-0.1, -0.05) is 18.9 Å². The first-order chi connectivity index (χ1) is 14.6. The molecule has 3 rings (SSSR count). The van der Waals surface area contributed by atoms with Crippen molar-refractivity contribution in [2.24, 2.45) is 10.4 Å². The summed E-state index contributed by atoms with van der Waals surface area (Å²) in [7, 11) is 3.69. The lowest BCUT2D eigenvalue weighted by atomic mass is 9.84. The van der Waals surface area contributed by atoms with E-state index in [2.05, 4.69) is 33.5 Å². The number of ether oxygens (including phenoxy) is 1. The van der Waals surface area contributed by atoms with Gasteiger partial charge in [-0.15, -0.1) is 0 Å². The van der Waals surface area contributed by atoms with Crippen LogP contribution in [0, 0.1) is 5.41 Å². The summed E-state index contributed by atoms with van der Waals surface area (Å²) in [5.74, 6) is 1.94. The van der Waals surface area contributed by atoms with E-state index in [1.807, 2.05) is 26.4 Å². The quantitative estimate of drug-likeness (QED) is 0.519. The number of hydrogen-bond acceptors (Lipinski definition) is 5. The molecule has 1 aliphatic heterocycles. The van der Waals surface area contributed by atoms with E-state index in [0.717, 1.165) is 75.9 Å². The molecule has 2 N–H and O–H groups in total. The van der Waals surface area contributed by atoms with Crippen molar-refractivity contribution in [1.29, 1.82) is 0 Å². The Kier molecular flexibility index (Phi) is 7.90. The van der Waals surface area contributed by atoms with Crippen molar-refractivity contribution in [3.63, 3.8) is 0 Å². The summed E-state index contributed by atoms with van der Waals surface area (Å²) in [6.07, 6.45) is 5.90. The van der Waals surface area contributed by atoms with E-state index in [1.165, 1.54) is 0 Å². The molecular weight excluding hydrogens is 380 g/mol. The smallest absolute Gasteiger partial charge is 0.230 e. The first-order valence-corrected chi connectivity index (χ1v) is 11.1. The maximum atomic E-state index is 12.8. The predicted octanol–water partition coefficient (Wildman–Crippen LogP) is 1.62. The second-order valence-electron chi connectivity index (χ2n) is 8.32. The third kappa shape index (κ3) is 5.41. The minimum atomic E-state index is -0.326. The molecule has 2 aliphatic rings. The normalized spacial score (nSPS) is 18.9. The number of guanidine groups is 1. The van der Waals surface area contributed by atoms with Crippen molar-refractivity contribution in [1.82, 2.24) is 20.5 Å². The Balaban J connectivity index is 1.70. The Hall–Kier alpha value is -2.35. The van der Waals surface area contributed by atoms with Crippen molar-refractivity contribution in [3.8, 4) is 0 Å². The van der Waals surface area contributed by atoms with E-state index < -0.39 is 0 Å². The summed E-state index contributed by atoms with van der Waals surface area (Å²) < 4.78 is 5.47. The number of carbonyl (C=O) groups excluding carboxylic acids is 1. The van der Waals surface area contributed by atoms with Crippen molar-refractivity contribution >= 4 is 17.7 Å². The zero-order valence-corrected chi connectivity index (χ0v) is 18.6. The highest BCUT2D eigenvalue weighted by atomic mass is 16.5. The highest BCUT2D eigenvalue weighted by Crippen LogP contribution is 2.38. The second-order valence-corrected chi connectivity index (χ2v) is 8.32. The number of nitrogens with zero attached hydrogens (tertiary/aromatic N) is 4. The van der Waals surface area contributed by atoms with E-state index in [0.29, 0.717) is 13.1 Å². The first-order valence-electron chi connectivity index (χ1n) is 11.1. The molecule has 2 fully saturated rings. The molecule has 166 valence electrons. The summed E-state index contributed by atoms with van der Waals surface area (Å²) in [4.78, 5) is 26.2. The van der Waals surface area contributed by atoms with Gasteiger partial charge in [-0.3, -0.25) is 4.79 Å². The molecule has 1 saturated carbocycles. The van der Waals surface area contributed by atoms with Crippen LogP contribution >= 0.6 is 0 Å². The van der Waals surface area contributed by atoms with Gasteiger partial charge in [-0.25, -0.2) is 9.98 Å². The lowest BCUT2D eigenvalue weighted by Crippen LogP contribution is -2.49. The van der Waals surface area contributed by atoms with Gasteiger partial charge in [0, 0.05) is 52.0 Å². The maximum absolute atomic E-state index is 12.8. The molecule has 0 atom stereocenters. The number of morpholine rings is 1. The molecule has 30 heavy (non-hydrogen) atoms. The molecule has 1 aromatic rings. The van der Waals surface area contributed by atoms with Crippen molar-refractivity contribution in [2.45, 2.75) is 39.2 Å². The fourth-order valence-electron chi connectivity index (χ4n) is 4.36. The number of rotatable bonds is 7. The first kappa shape index (κ1) is 22.3. The summed E-state index contributed by atoms with van der Waals surface area (Å²) in [5.41, 5.74) is 0.768. The van der Waals surface area contributed by atoms with Crippen molar-refractivity contribution in [2.75, 3.05) is 58.4 Å². The Labute approximate surface area is 180 Å². The topological polar surface area (TPSA) is 82.1 Å². The third-order valence-corrected chi connectivity index (χ3v) is 5.94. The van der Waals surface area contributed by atoms with Gasteiger partial charge < -0.3 is 25.2 Å². The van der Waals surface area contributed by atoms with Crippen LogP contribution < -0.4 is 15.5 Å². The molecule has 0 radical (unpaired) electrons. The fourth-order valence-corrected chi connectivity index (χ4v) is 4.36. The maximum Gasteiger partial charge on any atom is 0.230 e. The minimum absolute atomic E-state index is 0.213. The van der Waals surface area contributed by atoms with Crippen LogP contribution in [0.25, 0.3) is 0 Å². The van der Waals surface area contributed by atoms with Crippen LogP contribution in [0.1, 0.15) is 38.2 Å². The Morgan fingerprint density at radius 3 is 2.67 bits per heavy atom. The van der Waals surface area contributed by atoms with E-state index >= 15 is 0 Å².